The van der Waals surface area contributed by atoms with E-state index in [1.165, 1.54) is 20.0 Å². The number of hydrogen-bond donors (Lipinski definition) is 1. The molecule has 8 heteroatoms. The van der Waals surface area contributed by atoms with Crippen LogP contribution in [-0.4, -0.2) is 28.5 Å². The number of thiazole rings is 1. The summed E-state index contributed by atoms with van der Waals surface area (Å²) in [5.74, 6) is -0.624. The molecular formula is C18H19N3O3S2. The van der Waals surface area contributed by atoms with Gasteiger partial charge in [0.1, 0.15) is 10.6 Å². The Morgan fingerprint density at radius 1 is 1.35 bits per heavy atom. The van der Waals surface area contributed by atoms with Crippen molar-refractivity contribution in [2.24, 2.45) is 0 Å². The third kappa shape index (κ3) is 2.93. The summed E-state index contributed by atoms with van der Waals surface area (Å²) >= 11 is 2.78. The van der Waals surface area contributed by atoms with Crippen LogP contribution in [0.2, 0.25) is 0 Å². The zero-order valence-electron chi connectivity index (χ0n) is 14.6. The third-order valence-corrected chi connectivity index (χ3v) is 6.68. The minimum Gasteiger partial charge on any atom is -0.465 e. The van der Waals surface area contributed by atoms with Gasteiger partial charge in [0.25, 0.3) is 5.91 Å². The average Bonchev–Trinajstić information content (AvgIpc) is 3.37. The van der Waals surface area contributed by atoms with Gasteiger partial charge in [-0.1, -0.05) is 24.2 Å². The fourth-order valence-electron chi connectivity index (χ4n) is 3.57. The molecule has 1 N–H and O–H groups in total. The topological polar surface area (TPSA) is 73.2 Å². The lowest BCUT2D eigenvalue weighted by Crippen LogP contribution is -2.19. The molecule has 1 saturated carbocycles. The van der Waals surface area contributed by atoms with E-state index in [-0.39, 0.29) is 5.91 Å². The maximum absolute atomic E-state index is 12.9. The van der Waals surface area contributed by atoms with E-state index in [1.54, 1.807) is 18.3 Å². The van der Waals surface area contributed by atoms with Crippen molar-refractivity contribution in [1.82, 2.24) is 9.55 Å². The second-order valence-corrected chi connectivity index (χ2v) is 8.33. The second-order valence-electron chi connectivity index (χ2n) is 6.39. The largest absolute Gasteiger partial charge is 0.465 e. The number of esters is 1. The molecule has 0 bridgehead atoms. The van der Waals surface area contributed by atoms with Crippen LogP contribution in [0.15, 0.2) is 17.5 Å². The first-order chi connectivity index (χ1) is 12.6. The number of methoxy groups -OCH3 is 1. The van der Waals surface area contributed by atoms with Gasteiger partial charge in [0.15, 0.2) is 5.13 Å². The van der Waals surface area contributed by atoms with Crippen molar-refractivity contribution < 1.29 is 14.3 Å². The van der Waals surface area contributed by atoms with Crippen LogP contribution in [0.1, 0.15) is 57.6 Å². The van der Waals surface area contributed by atoms with E-state index in [4.69, 9.17) is 4.74 Å². The summed E-state index contributed by atoms with van der Waals surface area (Å²) < 4.78 is 8.05. The van der Waals surface area contributed by atoms with E-state index in [2.05, 4.69) is 26.3 Å². The third-order valence-electron chi connectivity index (χ3n) is 4.77. The van der Waals surface area contributed by atoms with Gasteiger partial charge in [0.05, 0.1) is 23.0 Å². The minimum atomic E-state index is -0.435. The smallest absolute Gasteiger partial charge is 0.350 e. The van der Waals surface area contributed by atoms with Gasteiger partial charge in [-0.25, -0.2) is 9.78 Å². The summed E-state index contributed by atoms with van der Waals surface area (Å²) in [6.07, 6.45) is 4.60. The molecule has 0 spiro atoms. The molecule has 0 aromatic carbocycles. The predicted molar refractivity (Wildman–Crippen MR) is 103 cm³/mol. The molecule has 1 amide bonds. The van der Waals surface area contributed by atoms with E-state index in [0.29, 0.717) is 27.4 Å². The Labute approximate surface area is 158 Å². The van der Waals surface area contributed by atoms with Gasteiger partial charge in [-0.3, -0.25) is 10.1 Å². The van der Waals surface area contributed by atoms with Crippen LogP contribution < -0.4 is 5.32 Å². The summed E-state index contributed by atoms with van der Waals surface area (Å²) in [6, 6.07) is 4.40. The minimum absolute atomic E-state index is 0.189. The summed E-state index contributed by atoms with van der Waals surface area (Å²) in [7, 11) is 1.33. The molecule has 3 aromatic rings. The number of nitrogens with one attached hydrogen (secondary N) is 1. The molecular weight excluding hydrogens is 370 g/mol. The molecule has 6 nitrogen and oxygen atoms in total. The number of fused-ring (bicyclic) bond motifs is 1. The van der Waals surface area contributed by atoms with Crippen molar-refractivity contribution in [2.75, 3.05) is 12.4 Å². The number of aromatic nitrogens is 2. The van der Waals surface area contributed by atoms with Gasteiger partial charge < -0.3 is 9.30 Å². The fraction of sp³-hybridized carbons (Fsp3) is 0.389. The fourth-order valence-corrected chi connectivity index (χ4v) is 5.26. The molecule has 0 radical (unpaired) electrons. The zero-order valence-corrected chi connectivity index (χ0v) is 16.2. The summed E-state index contributed by atoms with van der Waals surface area (Å²) in [5, 5.41) is 5.33. The normalized spacial score (nSPS) is 14.8. The highest BCUT2D eigenvalue weighted by Gasteiger charge is 2.26. The monoisotopic (exact) mass is 389 g/mol. The van der Waals surface area contributed by atoms with E-state index >= 15 is 0 Å². The van der Waals surface area contributed by atoms with Crippen LogP contribution in [0.3, 0.4) is 0 Å². The quantitative estimate of drug-likeness (QED) is 0.661. The summed E-state index contributed by atoms with van der Waals surface area (Å²) in [5.41, 5.74) is 2.34. The van der Waals surface area contributed by atoms with Crippen molar-refractivity contribution in [3.63, 3.8) is 0 Å². The number of thiophene rings is 1. The number of carbonyl (C=O) groups excluding carboxylic acids is 2. The van der Waals surface area contributed by atoms with Gasteiger partial charge in [-0.15, -0.1) is 11.3 Å². The molecule has 0 unspecified atom stereocenters. The molecule has 26 heavy (non-hydrogen) atoms. The first-order valence-corrected chi connectivity index (χ1v) is 10.2. The first kappa shape index (κ1) is 17.2. The Kier molecular flexibility index (Phi) is 4.54. The highest BCUT2D eigenvalue weighted by molar-refractivity contribution is 7.18. The summed E-state index contributed by atoms with van der Waals surface area (Å²) in [4.78, 5) is 29.4. The Balaban J connectivity index is 1.65. The molecule has 1 fully saturated rings. The van der Waals surface area contributed by atoms with Crippen LogP contribution in [0.4, 0.5) is 5.13 Å². The van der Waals surface area contributed by atoms with Crippen molar-refractivity contribution >= 4 is 49.9 Å². The molecule has 136 valence electrons. The molecule has 3 aromatic heterocycles. The highest BCUT2D eigenvalue weighted by Crippen LogP contribution is 2.37. The van der Waals surface area contributed by atoms with Crippen molar-refractivity contribution in [1.29, 1.82) is 0 Å². The van der Waals surface area contributed by atoms with Crippen LogP contribution in [0.5, 0.6) is 0 Å². The van der Waals surface area contributed by atoms with E-state index in [9.17, 15) is 9.59 Å². The molecule has 0 saturated heterocycles. The molecule has 4 rings (SSSR count). The molecule has 1 aliphatic carbocycles. The zero-order chi connectivity index (χ0) is 18.3. The van der Waals surface area contributed by atoms with E-state index < -0.39 is 5.97 Å². The van der Waals surface area contributed by atoms with E-state index in [1.807, 2.05) is 6.07 Å². The Hall–Kier alpha value is -2.19. The van der Waals surface area contributed by atoms with Gasteiger partial charge in [-0.2, -0.15) is 0 Å². The van der Waals surface area contributed by atoms with Gasteiger partial charge in [0, 0.05) is 6.04 Å². The van der Waals surface area contributed by atoms with Gasteiger partial charge in [0.2, 0.25) is 0 Å². The number of aryl methyl sites for hydroxylation is 1. The predicted octanol–water partition coefficient (Wildman–Crippen LogP) is 4.62. The molecule has 1 aliphatic rings. The maximum atomic E-state index is 12.9. The van der Waals surface area contributed by atoms with Crippen LogP contribution in [-0.2, 0) is 4.74 Å². The lowest BCUT2D eigenvalue weighted by Gasteiger charge is -2.16. The lowest BCUT2D eigenvalue weighted by molar-refractivity contribution is 0.0605. The number of rotatable bonds is 4. The van der Waals surface area contributed by atoms with Crippen LogP contribution in [0.25, 0.3) is 10.2 Å². The first-order valence-electron chi connectivity index (χ1n) is 8.54. The molecule has 3 heterocycles. The number of carbonyl (C=O) groups is 2. The SMILES string of the molecule is COC(=O)c1sc(NC(=O)c2cc3sccc3n2C2CCCC2)nc1C. The molecule has 0 aliphatic heterocycles. The number of amides is 1. The highest BCUT2D eigenvalue weighted by atomic mass is 32.1. The van der Waals surface area contributed by atoms with Gasteiger partial charge in [-0.05, 0) is 37.3 Å². The van der Waals surface area contributed by atoms with Crippen LogP contribution >= 0.6 is 22.7 Å². The van der Waals surface area contributed by atoms with Crippen LogP contribution in [0, 0.1) is 6.92 Å². The Bertz CT molecular complexity index is 979. The van der Waals surface area contributed by atoms with Crippen molar-refractivity contribution in [3.8, 4) is 0 Å². The maximum Gasteiger partial charge on any atom is 0.350 e. The Morgan fingerprint density at radius 3 is 2.85 bits per heavy atom. The number of ether oxygens (including phenoxy) is 1. The number of nitrogens with zero attached hydrogens (tertiary/aromatic N) is 2. The van der Waals surface area contributed by atoms with E-state index in [0.717, 1.165) is 34.4 Å². The molecule has 0 atom stereocenters. The standard InChI is InChI=1S/C18H19N3O3S2/c1-10-15(17(23)24-2)26-18(19-10)20-16(22)13-9-14-12(7-8-25-14)21(13)11-5-3-4-6-11/h7-9,11H,3-6H2,1-2H3,(H,19,20,22). The number of hydrogen-bond acceptors (Lipinski definition) is 6. The van der Waals surface area contributed by atoms with Crippen molar-refractivity contribution in [2.45, 2.75) is 38.6 Å². The Morgan fingerprint density at radius 2 is 2.12 bits per heavy atom. The average molecular weight is 390 g/mol. The lowest BCUT2D eigenvalue weighted by atomic mass is 10.2. The number of anilines is 1. The summed E-state index contributed by atoms with van der Waals surface area (Å²) in [6.45, 7) is 1.73. The second kappa shape index (κ2) is 6.85. The van der Waals surface area contributed by atoms with Crippen molar-refractivity contribution in [3.05, 3.63) is 33.8 Å². The van der Waals surface area contributed by atoms with Gasteiger partial charge >= 0.3 is 5.97 Å².